The molecule has 0 saturated heterocycles. The minimum atomic E-state index is -0.149. The predicted octanol–water partition coefficient (Wildman–Crippen LogP) is 7.77. The smallest absolute Gasteiger partial charge is 0.409 e. The van der Waals surface area contributed by atoms with Crippen molar-refractivity contribution in [2.24, 2.45) is 0 Å². The van der Waals surface area contributed by atoms with Gasteiger partial charge in [0.25, 0.3) is 0 Å². The molecule has 0 bridgehead atoms. The number of hydrogen-bond donors (Lipinski definition) is 0. The Morgan fingerprint density at radius 3 is 1.96 bits per heavy atom. The van der Waals surface area contributed by atoms with E-state index < -0.39 is 0 Å². The summed E-state index contributed by atoms with van der Waals surface area (Å²) in [7, 11) is 1.71. The number of hydrogen-bond acceptors (Lipinski definition) is 1. The molecule has 0 aromatic heterocycles. The van der Waals surface area contributed by atoms with E-state index in [-0.39, 0.29) is 34.6 Å². The molecule has 27 heavy (non-hydrogen) atoms. The maximum Gasteiger partial charge on any atom is 2.00 e. The normalized spacial score (nSPS) is 10.7. The Kier molecular flexibility index (Phi) is 11.2. The standard InChI is InChI=1S/C19H15O.C3H6.C2H6.CH3.W/c1-12(20-2)17-11-15-7-3-5-13-9-10-14-6-4-8-16(17)19(14)18(13)15;1-3-2;1-2;;/h3-12H,1H2,2H3;3H,1H2,2H3;1-2H3;1H3;/q-1;;;-1;+2. The van der Waals surface area contributed by atoms with E-state index in [2.05, 4.69) is 68.1 Å². The fourth-order valence-electron chi connectivity index (χ4n) is 3.18. The molecule has 0 spiro atoms. The molecule has 2 heteroatoms. The minimum absolute atomic E-state index is 0. The number of allylic oxidation sites excluding steroid dienone is 1. The zero-order valence-corrected chi connectivity index (χ0v) is 20.0. The Balaban J connectivity index is 0.000000886. The predicted molar refractivity (Wildman–Crippen MR) is 119 cm³/mol. The van der Waals surface area contributed by atoms with Crippen molar-refractivity contribution in [3.05, 3.63) is 87.2 Å². The molecule has 1 atom stereocenters. The zero-order valence-electron chi connectivity index (χ0n) is 17.1. The molecule has 0 aliphatic rings. The van der Waals surface area contributed by atoms with Gasteiger partial charge < -0.3 is 19.1 Å². The fourth-order valence-corrected chi connectivity index (χ4v) is 3.18. The zero-order chi connectivity index (χ0) is 18.4. The number of ether oxygens (including phenoxy) is 1. The van der Waals surface area contributed by atoms with Crippen molar-refractivity contribution in [1.29, 1.82) is 0 Å². The fraction of sp³-hybridized carbons (Fsp3) is 0.200. The second-order valence-corrected chi connectivity index (χ2v) is 5.65. The van der Waals surface area contributed by atoms with E-state index in [1.807, 2.05) is 20.8 Å². The van der Waals surface area contributed by atoms with Gasteiger partial charge in [-0.3, -0.25) is 0 Å². The van der Waals surface area contributed by atoms with Crippen LogP contribution in [0.1, 0.15) is 32.4 Å². The largest absolute Gasteiger partial charge is 2.00 e. The Morgan fingerprint density at radius 2 is 1.41 bits per heavy atom. The number of methoxy groups -OCH3 is 1. The molecule has 0 saturated carbocycles. The summed E-state index contributed by atoms with van der Waals surface area (Å²) in [4.78, 5) is 0. The first-order valence-electron chi connectivity index (χ1n) is 8.80. The molecular weight excluding hydrogens is 500 g/mol. The van der Waals surface area contributed by atoms with E-state index in [0.717, 1.165) is 5.56 Å². The monoisotopic (exact) mass is 530 g/mol. The summed E-state index contributed by atoms with van der Waals surface area (Å²) in [6.45, 7) is 13.4. The maximum atomic E-state index is 5.45. The third-order valence-corrected chi connectivity index (χ3v) is 4.17. The SMILES string of the molecule is C=CC.CC.[CH2-]C(OC)c1cc2cccc3ccc4cccc1c4c32.[CH3-].[W+2]. The molecule has 4 aromatic carbocycles. The van der Waals surface area contributed by atoms with Gasteiger partial charge in [0.05, 0.1) is 0 Å². The first-order chi connectivity index (χ1) is 12.2. The summed E-state index contributed by atoms with van der Waals surface area (Å²) in [6, 6.07) is 19.5. The molecule has 4 rings (SSSR count). The molecule has 1 unspecified atom stereocenters. The summed E-state index contributed by atoms with van der Waals surface area (Å²) in [5.74, 6) is 0. The molecule has 0 heterocycles. The first-order valence-corrected chi connectivity index (χ1v) is 8.80. The third kappa shape index (κ3) is 4.98. The van der Waals surface area contributed by atoms with Crippen molar-refractivity contribution >= 4 is 32.3 Å². The quantitative estimate of drug-likeness (QED) is 0.146. The van der Waals surface area contributed by atoms with Crippen molar-refractivity contribution in [2.45, 2.75) is 26.9 Å². The topological polar surface area (TPSA) is 9.23 Å². The molecular formula is C25H30OW. The van der Waals surface area contributed by atoms with Crippen LogP contribution >= 0.6 is 0 Å². The van der Waals surface area contributed by atoms with Crippen molar-refractivity contribution in [2.75, 3.05) is 7.11 Å². The van der Waals surface area contributed by atoms with Crippen LogP contribution < -0.4 is 0 Å². The van der Waals surface area contributed by atoms with E-state index in [1.54, 1.807) is 13.2 Å². The summed E-state index contributed by atoms with van der Waals surface area (Å²) in [5.41, 5.74) is 1.16. The molecule has 142 valence electrons. The van der Waals surface area contributed by atoms with Crippen LogP contribution in [0.5, 0.6) is 0 Å². The van der Waals surface area contributed by atoms with Crippen LogP contribution in [-0.4, -0.2) is 7.11 Å². The first kappa shape index (κ1) is 25.3. The molecule has 0 radical (unpaired) electrons. The molecule has 0 fully saturated rings. The second-order valence-electron chi connectivity index (χ2n) is 5.65. The second kappa shape index (κ2) is 11.9. The average molecular weight is 530 g/mol. The van der Waals surface area contributed by atoms with Crippen LogP contribution in [0.15, 0.2) is 67.3 Å². The molecule has 4 aromatic rings. The van der Waals surface area contributed by atoms with Crippen LogP contribution in [-0.2, 0) is 25.8 Å². The summed E-state index contributed by atoms with van der Waals surface area (Å²) < 4.78 is 5.45. The molecule has 0 aliphatic heterocycles. The van der Waals surface area contributed by atoms with Gasteiger partial charge in [-0.15, -0.1) is 6.58 Å². The van der Waals surface area contributed by atoms with Gasteiger partial charge in [0.1, 0.15) is 0 Å². The van der Waals surface area contributed by atoms with Gasteiger partial charge in [-0.25, -0.2) is 0 Å². The maximum absolute atomic E-state index is 5.45. The van der Waals surface area contributed by atoms with Crippen molar-refractivity contribution in [3.63, 3.8) is 0 Å². The van der Waals surface area contributed by atoms with Crippen molar-refractivity contribution in [3.8, 4) is 0 Å². The molecule has 0 N–H and O–H groups in total. The van der Waals surface area contributed by atoms with Crippen molar-refractivity contribution in [1.82, 2.24) is 0 Å². The van der Waals surface area contributed by atoms with E-state index in [9.17, 15) is 0 Å². The summed E-state index contributed by atoms with van der Waals surface area (Å²) in [6.07, 6.45) is 1.60. The Bertz CT molecular complexity index is 958. The average Bonchev–Trinajstić information content (AvgIpc) is 2.67. The van der Waals surface area contributed by atoms with E-state index in [0.29, 0.717) is 0 Å². The molecule has 1 nitrogen and oxygen atoms in total. The van der Waals surface area contributed by atoms with E-state index in [1.165, 1.54) is 32.3 Å². The van der Waals surface area contributed by atoms with Gasteiger partial charge >= 0.3 is 21.1 Å². The Hall–Kier alpha value is -1.69. The van der Waals surface area contributed by atoms with E-state index >= 15 is 0 Å². The number of benzene rings is 4. The van der Waals surface area contributed by atoms with Crippen LogP contribution in [0, 0.1) is 14.4 Å². The van der Waals surface area contributed by atoms with Gasteiger partial charge in [-0.1, -0.05) is 74.5 Å². The van der Waals surface area contributed by atoms with Gasteiger partial charge in [0.2, 0.25) is 0 Å². The minimum Gasteiger partial charge on any atom is -0.409 e. The van der Waals surface area contributed by atoms with Crippen molar-refractivity contribution < 1.29 is 25.8 Å². The summed E-state index contributed by atoms with van der Waals surface area (Å²) >= 11 is 0. The van der Waals surface area contributed by atoms with Gasteiger partial charge in [0.15, 0.2) is 0 Å². The Morgan fingerprint density at radius 1 is 0.926 bits per heavy atom. The van der Waals surface area contributed by atoms with E-state index in [4.69, 9.17) is 4.74 Å². The van der Waals surface area contributed by atoms with Crippen LogP contribution in [0.4, 0.5) is 0 Å². The number of rotatable bonds is 2. The third-order valence-electron chi connectivity index (χ3n) is 4.17. The van der Waals surface area contributed by atoms with Gasteiger partial charge in [-0.2, -0.15) is 0 Å². The van der Waals surface area contributed by atoms with Crippen LogP contribution in [0.25, 0.3) is 32.3 Å². The van der Waals surface area contributed by atoms with Gasteiger partial charge in [-0.05, 0) is 50.9 Å². The van der Waals surface area contributed by atoms with Crippen LogP contribution in [0.3, 0.4) is 0 Å². The van der Waals surface area contributed by atoms with Gasteiger partial charge in [0, 0.05) is 7.11 Å². The molecule has 0 aliphatic carbocycles. The Labute approximate surface area is 179 Å². The van der Waals surface area contributed by atoms with Crippen LogP contribution in [0.2, 0.25) is 0 Å². The summed E-state index contributed by atoms with van der Waals surface area (Å²) in [5, 5.41) is 7.73. The molecule has 0 amide bonds.